The summed E-state index contributed by atoms with van der Waals surface area (Å²) < 4.78 is 18.7. The number of carbonyl (C=O) groups is 3. The zero-order valence-electron chi connectivity index (χ0n) is 14.7. The second kappa shape index (κ2) is 10.3. The van der Waals surface area contributed by atoms with Gasteiger partial charge in [0.15, 0.2) is 6.61 Å². The molecule has 0 spiro atoms. The summed E-state index contributed by atoms with van der Waals surface area (Å²) in [4.78, 5) is 35.7. The average molecular weight is 390 g/mol. The van der Waals surface area contributed by atoms with E-state index in [1.165, 1.54) is 17.8 Å². The summed E-state index contributed by atoms with van der Waals surface area (Å²) in [6.45, 7) is 1.49. The van der Waals surface area contributed by atoms with Gasteiger partial charge in [0, 0.05) is 17.2 Å². The van der Waals surface area contributed by atoms with E-state index in [0.29, 0.717) is 22.8 Å². The van der Waals surface area contributed by atoms with Crippen LogP contribution in [0.5, 0.6) is 0 Å². The van der Waals surface area contributed by atoms with Crippen LogP contribution in [-0.4, -0.2) is 31.1 Å². The molecule has 2 N–H and O–H groups in total. The summed E-state index contributed by atoms with van der Waals surface area (Å²) in [5.74, 6) is -1.40. The van der Waals surface area contributed by atoms with Gasteiger partial charge in [0.25, 0.3) is 5.91 Å². The standard InChI is InChI=1S/C19H19FN2O4S/c1-2-21-19(25)22-17(23)11-26-18(24)14-8-4-6-10-16(14)27-12-13-7-3-5-9-15(13)20/h3-10H,2,11-12H2,1H3,(H2,21,22,23,25). The van der Waals surface area contributed by atoms with Gasteiger partial charge >= 0.3 is 12.0 Å². The topological polar surface area (TPSA) is 84.5 Å². The lowest BCUT2D eigenvalue weighted by molar-refractivity contribution is -0.123. The first-order valence-electron chi connectivity index (χ1n) is 8.21. The summed E-state index contributed by atoms with van der Waals surface area (Å²) in [5, 5.41) is 4.44. The maximum atomic E-state index is 13.7. The summed E-state index contributed by atoms with van der Waals surface area (Å²) in [6, 6.07) is 12.5. The molecule has 2 aromatic rings. The number of urea groups is 1. The van der Waals surface area contributed by atoms with Crippen molar-refractivity contribution in [2.24, 2.45) is 0 Å². The third-order valence-corrected chi connectivity index (χ3v) is 4.49. The van der Waals surface area contributed by atoms with Crippen molar-refractivity contribution in [2.75, 3.05) is 13.2 Å². The van der Waals surface area contributed by atoms with Gasteiger partial charge in [0.1, 0.15) is 5.82 Å². The molecular formula is C19H19FN2O4S. The van der Waals surface area contributed by atoms with Crippen LogP contribution in [0.2, 0.25) is 0 Å². The van der Waals surface area contributed by atoms with Crippen molar-refractivity contribution < 1.29 is 23.5 Å². The fraction of sp³-hybridized carbons (Fsp3) is 0.211. The summed E-state index contributed by atoms with van der Waals surface area (Å²) in [5.41, 5.74) is 0.789. The molecule has 0 saturated carbocycles. The van der Waals surface area contributed by atoms with Gasteiger partial charge in [-0.25, -0.2) is 14.0 Å². The van der Waals surface area contributed by atoms with Crippen LogP contribution >= 0.6 is 11.8 Å². The quantitative estimate of drug-likeness (QED) is 0.561. The molecule has 2 aromatic carbocycles. The van der Waals surface area contributed by atoms with E-state index in [9.17, 15) is 18.8 Å². The number of carbonyl (C=O) groups excluding carboxylic acids is 3. The molecule has 0 saturated heterocycles. The summed E-state index contributed by atoms with van der Waals surface area (Å²) in [7, 11) is 0. The van der Waals surface area contributed by atoms with Gasteiger partial charge in [-0.15, -0.1) is 11.8 Å². The van der Waals surface area contributed by atoms with Crippen LogP contribution in [0.25, 0.3) is 0 Å². The predicted octanol–water partition coefficient (Wildman–Crippen LogP) is 3.12. The maximum Gasteiger partial charge on any atom is 0.339 e. The van der Waals surface area contributed by atoms with Crippen molar-refractivity contribution in [3.63, 3.8) is 0 Å². The first-order valence-corrected chi connectivity index (χ1v) is 9.20. The van der Waals surface area contributed by atoms with Crippen LogP contribution in [0, 0.1) is 5.82 Å². The molecule has 0 aliphatic heterocycles. The Kier molecular flexibility index (Phi) is 7.81. The Labute approximate surface area is 160 Å². The lowest BCUT2D eigenvalue weighted by Gasteiger charge is -2.10. The van der Waals surface area contributed by atoms with Crippen molar-refractivity contribution in [2.45, 2.75) is 17.6 Å². The molecule has 0 aliphatic carbocycles. The molecule has 0 fully saturated rings. The molecule has 0 aromatic heterocycles. The van der Waals surface area contributed by atoms with Crippen LogP contribution < -0.4 is 10.6 Å². The molecule has 0 atom stereocenters. The minimum absolute atomic E-state index is 0.268. The second-order valence-corrected chi connectivity index (χ2v) is 6.38. The number of ether oxygens (including phenoxy) is 1. The van der Waals surface area contributed by atoms with E-state index in [4.69, 9.17) is 4.74 Å². The number of thioether (sulfide) groups is 1. The number of esters is 1. The average Bonchev–Trinajstić information content (AvgIpc) is 2.66. The second-order valence-electron chi connectivity index (χ2n) is 5.36. The van der Waals surface area contributed by atoms with Gasteiger partial charge in [0.2, 0.25) is 0 Å². The highest BCUT2D eigenvalue weighted by molar-refractivity contribution is 7.98. The van der Waals surface area contributed by atoms with E-state index in [1.54, 1.807) is 49.4 Å². The van der Waals surface area contributed by atoms with Crippen molar-refractivity contribution in [3.05, 3.63) is 65.5 Å². The van der Waals surface area contributed by atoms with E-state index < -0.39 is 24.5 Å². The number of rotatable bonds is 7. The molecule has 0 aliphatic rings. The maximum absolute atomic E-state index is 13.7. The van der Waals surface area contributed by atoms with Gasteiger partial charge in [-0.1, -0.05) is 30.3 Å². The van der Waals surface area contributed by atoms with Crippen LogP contribution in [0.4, 0.5) is 9.18 Å². The lowest BCUT2D eigenvalue weighted by Crippen LogP contribution is -2.41. The Hall–Kier alpha value is -2.87. The van der Waals surface area contributed by atoms with Gasteiger partial charge in [-0.3, -0.25) is 10.1 Å². The van der Waals surface area contributed by atoms with Crippen molar-refractivity contribution >= 4 is 29.7 Å². The largest absolute Gasteiger partial charge is 0.452 e. The number of hydrogen-bond acceptors (Lipinski definition) is 5. The molecule has 27 heavy (non-hydrogen) atoms. The zero-order valence-corrected chi connectivity index (χ0v) is 15.5. The Morgan fingerprint density at radius 2 is 1.78 bits per heavy atom. The molecule has 0 bridgehead atoms. The fourth-order valence-corrected chi connectivity index (χ4v) is 3.14. The molecule has 0 radical (unpaired) electrons. The molecular weight excluding hydrogens is 371 g/mol. The van der Waals surface area contributed by atoms with E-state index in [1.807, 2.05) is 5.32 Å². The van der Waals surface area contributed by atoms with Crippen LogP contribution in [-0.2, 0) is 15.3 Å². The molecule has 6 nitrogen and oxygen atoms in total. The molecule has 3 amide bonds. The normalized spacial score (nSPS) is 10.1. The number of hydrogen-bond donors (Lipinski definition) is 2. The first-order chi connectivity index (χ1) is 13.0. The smallest absolute Gasteiger partial charge is 0.339 e. The van der Waals surface area contributed by atoms with Gasteiger partial charge in [0.05, 0.1) is 5.56 Å². The first kappa shape index (κ1) is 20.4. The van der Waals surface area contributed by atoms with E-state index in [2.05, 4.69) is 5.32 Å². The number of benzene rings is 2. The van der Waals surface area contributed by atoms with Crippen molar-refractivity contribution in [3.8, 4) is 0 Å². The third kappa shape index (κ3) is 6.41. The Morgan fingerprint density at radius 3 is 2.52 bits per heavy atom. The molecule has 2 rings (SSSR count). The highest BCUT2D eigenvalue weighted by Crippen LogP contribution is 2.27. The fourth-order valence-electron chi connectivity index (χ4n) is 2.11. The number of amides is 3. The number of nitrogens with one attached hydrogen (secondary N) is 2. The molecule has 0 unspecified atom stereocenters. The third-order valence-electron chi connectivity index (χ3n) is 3.37. The lowest BCUT2D eigenvalue weighted by atomic mass is 10.2. The van der Waals surface area contributed by atoms with Gasteiger partial charge in [-0.2, -0.15) is 0 Å². The Balaban J connectivity index is 1.96. The molecule has 0 heterocycles. The summed E-state index contributed by atoms with van der Waals surface area (Å²) >= 11 is 1.29. The van der Waals surface area contributed by atoms with Gasteiger partial charge < -0.3 is 10.1 Å². The van der Waals surface area contributed by atoms with Crippen LogP contribution in [0.15, 0.2) is 53.4 Å². The predicted molar refractivity (Wildman–Crippen MR) is 99.9 cm³/mol. The van der Waals surface area contributed by atoms with Crippen LogP contribution in [0.1, 0.15) is 22.8 Å². The highest BCUT2D eigenvalue weighted by Gasteiger charge is 2.16. The molecule has 142 valence electrons. The monoisotopic (exact) mass is 390 g/mol. The summed E-state index contributed by atoms with van der Waals surface area (Å²) in [6.07, 6.45) is 0. The Morgan fingerprint density at radius 1 is 1.07 bits per heavy atom. The Bertz CT molecular complexity index is 829. The number of imide groups is 1. The van der Waals surface area contributed by atoms with Crippen molar-refractivity contribution in [1.29, 1.82) is 0 Å². The van der Waals surface area contributed by atoms with Gasteiger partial charge in [-0.05, 0) is 30.7 Å². The number of halogens is 1. The van der Waals surface area contributed by atoms with E-state index >= 15 is 0 Å². The minimum atomic E-state index is -0.731. The highest BCUT2D eigenvalue weighted by atomic mass is 32.2. The van der Waals surface area contributed by atoms with E-state index in [0.717, 1.165) is 0 Å². The molecule has 8 heteroatoms. The minimum Gasteiger partial charge on any atom is -0.452 e. The zero-order chi connectivity index (χ0) is 19.6. The van der Waals surface area contributed by atoms with E-state index in [-0.39, 0.29) is 11.4 Å². The SMILES string of the molecule is CCNC(=O)NC(=O)COC(=O)c1ccccc1SCc1ccccc1F. The van der Waals surface area contributed by atoms with Crippen molar-refractivity contribution in [1.82, 2.24) is 10.6 Å². The van der Waals surface area contributed by atoms with Crippen LogP contribution in [0.3, 0.4) is 0 Å².